The van der Waals surface area contributed by atoms with Crippen molar-refractivity contribution in [3.63, 3.8) is 0 Å². The topological polar surface area (TPSA) is 19.6 Å². The van der Waals surface area contributed by atoms with Crippen molar-refractivity contribution in [2.24, 2.45) is 0 Å². The van der Waals surface area contributed by atoms with E-state index in [9.17, 15) is 0 Å². The minimum absolute atomic E-state index is 0.857. The van der Waals surface area contributed by atoms with Crippen LogP contribution in [-0.4, -0.2) is 0 Å². The second-order valence-electron chi connectivity index (χ2n) is 15.7. The maximum atomic E-state index is 6.73. The van der Waals surface area contributed by atoms with Crippen molar-refractivity contribution in [1.82, 2.24) is 0 Å². The first-order valence-corrected chi connectivity index (χ1v) is 21.8. The molecule has 0 atom stereocenters. The van der Waals surface area contributed by atoms with E-state index < -0.39 is 0 Å². The molecule has 0 unspecified atom stereocenters. The molecule has 0 N–H and O–H groups in total. The number of para-hydroxylation sites is 2. The van der Waals surface area contributed by atoms with Gasteiger partial charge in [0.25, 0.3) is 0 Å². The molecule has 0 saturated carbocycles. The molecule has 0 aliphatic carbocycles. The van der Waals surface area contributed by atoms with Crippen LogP contribution in [0.1, 0.15) is 0 Å². The van der Waals surface area contributed by atoms with Crippen molar-refractivity contribution in [3.05, 3.63) is 231 Å². The average molecular weight is 811 g/mol. The van der Waals surface area contributed by atoms with Crippen LogP contribution in [0.3, 0.4) is 0 Å². The minimum Gasteiger partial charge on any atom is -0.456 e. The van der Waals surface area contributed by atoms with Crippen LogP contribution < -0.4 is 9.80 Å². The Balaban J connectivity index is 1.00. The molecule has 4 heteroatoms. The van der Waals surface area contributed by atoms with Gasteiger partial charge in [0.2, 0.25) is 0 Å². The molecule has 0 bridgehead atoms. The second-order valence-corrected chi connectivity index (χ2v) is 16.8. The lowest BCUT2D eigenvalue weighted by Crippen LogP contribution is -2.10. The SMILES string of the molecule is c1ccc(-c2ccc(N(c3ccc4sc5ccccc5c4c3)c3ccc(-c4ccc5c(c4)oc4cccc(N(c6ccccc6)c6ccccc6)c45)c4ccccc34)cc2)cc1. The summed E-state index contributed by atoms with van der Waals surface area (Å²) in [5.74, 6) is 0. The molecule has 0 amide bonds. The number of nitrogens with zero attached hydrogens (tertiary/aromatic N) is 2. The highest BCUT2D eigenvalue weighted by Gasteiger charge is 2.22. The molecule has 0 aliphatic heterocycles. The molecule has 292 valence electrons. The van der Waals surface area contributed by atoms with Gasteiger partial charge in [-0.15, -0.1) is 11.3 Å². The molecular formula is C58H38N2OS. The normalized spacial score (nSPS) is 11.5. The quantitative estimate of drug-likeness (QED) is 0.152. The number of thiophene rings is 1. The lowest BCUT2D eigenvalue weighted by molar-refractivity contribution is 0.669. The zero-order valence-electron chi connectivity index (χ0n) is 33.7. The van der Waals surface area contributed by atoms with E-state index in [1.54, 1.807) is 0 Å². The van der Waals surface area contributed by atoms with Gasteiger partial charge in [0.05, 0.1) is 16.8 Å². The van der Waals surface area contributed by atoms with Gasteiger partial charge in [0.15, 0.2) is 0 Å². The van der Waals surface area contributed by atoms with Crippen molar-refractivity contribution in [3.8, 4) is 22.3 Å². The van der Waals surface area contributed by atoms with E-state index >= 15 is 0 Å². The second kappa shape index (κ2) is 15.0. The highest BCUT2D eigenvalue weighted by molar-refractivity contribution is 7.25. The third-order valence-corrected chi connectivity index (χ3v) is 13.2. The van der Waals surface area contributed by atoms with Crippen LogP contribution in [-0.2, 0) is 0 Å². The predicted molar refractivity (Wildman–Crippen MR) is 264 cm³/mol. The number of rotatable bonds is 8. The molecule has 0 fully saturated rings. The Kier molecular flexibility index (Phi) is 8.68. The number of anilines is 6. The zero-order chi connectivity index (χ0) is 41.0. The number of hydrogen-bond acceptors (Lipinski definition) is 4. The molecule has 12 aromatic rings. The fourth-order valence-corrected chi connectivity index (χ4v) is 10.3. The minimum atomic E-state index is 0.857. The van der Waals surface area contributed by atoms with Gasteiger partial charge in [0, 0.05) is 53.7 Å². The summed E-state index contributed by atoms with van der Waals surface area (Å²) in [6, 6.07) is 82.7. The molecule has 0 aliphatic rings. The maximum Gasteiger partial charge on any atom is 0.137 e. The number of hydrogen-bond donors (Lipinski definition) is 0. The van der Waals surface area contributed by atoms with Crippen LogP contribution in [0.15, 0.2) is 235 Å². The monoisotopic (exact) mass is 810 g/mol. The Labute approximate surface area is 363 Å². The van der Waals surface area contributed by atoms with E-state index in [1.807, 2.05) is 11.3 Å². The summed E-state index contributed by atoms with van der Waals surface area (Å²) < 4.78 is 9.32. The molecule has 10 aromatic carbocycles. The Hall–Kier alpha value is -7.92. The molecule has 2 heterocycles. The molecule has 3 nitrogen and oxygen atoms in total. The third-order valence-electron chi connectivity index (χ3n) is 12.0. The lowest BCUT2D eigenvalue weighted by atomic mass is 9.95. The van der Waals surface area contributed by atoms with E-state index in [2.05, 4.69) is 240 Å². The van der Waals surface area contributed by atoms with Gasteiger partial charge in [0.1, 0.15) is 11.2 Å². The maximum absolute atomic E-state index is 6.73. The van der Waals surface area contributed by atoms with E-state index in [1.165, 1.54) is 42.1 Å². The Morgan fingerprint density at radius 3 is 1.65 bits per heavy atom. The Bertz CT molecular complexity index is 3540. The van der Waals surface area contributed by atoms with E-state index in [0.717, 1.165) is 67.2 Å². The first-order chi connectivity index (χ1) is 30.7. The van der Waals surface area contributed by atoms with Gasteiger partial charge in [-0.05, 0) is 119 Å². The molecule has 62 heavy (non-hydrogen) atoms. The fraction of sp³-hybridized carbons (Fsp3) is 0. The highest BCUT2D eigenvalue weighted by Crippen LogP contribution is 2.47. The van der Waals surface area contributed by atoms with Gasteiger partial charge >= 0.3 is 0 Å². The summed E-state index contributed by atoms with van der Waals surface area (Å²) >= 11 is 1.85. The molecular weight excluding hydrogens is 773 g/mol. The van der Waals surface area contributed by atoms with Gasteiger partial charge in [-0.25, -0.2) is 0 Å². The standard InChI is InChI=1S/C58H38N2OS/c1-4-15-39(16-5-1)40-27-30-44(31-28-40)60(45-32-36-57-51(38-45)49-23-12-13-26-56(49)62-57)52-35-34-46(47-21-10-11-22-48(47)52)41-29-33-50-55(37-41)61-54-25-14-24-53(58(50)54)59(42-17-6-2-7-18-42)43-19-8-3-9-20-43/h1-38H. The number of furan rings is 1. The first kappa shape index (κ1) is 36.0. The highest BCUT2D eigenvalue weighted by atomic mass is 32.1. The lowest BCUT2D eigenvalue weighted by Gasteiger charge is -2.28. The van der Waals surface area contributed by atoms with E-state index in [-0.39, 0.29) is 0 Å². The summed E-state index contributed by atoms with van der Waals surface area (Å²) in [5, 5.41) is 7.07. The van der Waals surface area contributed by atoms with Crippen LogP contribution in [0, 0.1) is 0 Å². The van der Waals surface area contributed by atoms with Gasteiger partial charge in [-0.3, -0.25) is 0 Å². The first-order valence-electron chi connectivity index (χ1n) is 21.0. The van der Waals surface area contributed by atoms with Crippen molar-refractivity contribution in [2.75, 3.05) is 9.80 Å². The van der Waals surface area contributed by atoms with Gasteiger partial charge in [-0.2, -0.15) is 0 Å². The van der Waals surface area contributed by atoms with Crippen molar-refractivity contribution in [2.45, 2.75) is 0 Å². The average Bonchev–Trinajstić information content (AvgIpc) is 3.91. The van der Waals surface area contributed by atoms with E-state index in [0.29, 0.717) is 0 Å². The van der Waals surface area contributed by atoms with E-state index in [4.69, 9.17) is 4.42 Å². The van der Waals surface area contributed by atoms with Crippen molar-refractivity contribution >= 4 is 98.3 Å². The van der Waals surface area contributed by atoms with Crippen LogP contribution in [0.5, 0.6) is 0 Å². The van der Waals surface area contributed by atoms with Crippen LogP contribution in [0.2, 0.25) is 0 Å². The number of benzene rings is 10. The van der Waals surface area contributed by atoms with Crippen molar-refractivity contribution in [1.29, 1.82) is 0 Å². The summed E-state index contributed by atoms with van der Waals surface area (Å²) in [7, 11) is 0. The third kappa shape index (κ3) is 6.11. The summed E-state index contributed by atoms with van der Waals surface area (Å²) in [5.41, 5.74) is 13.0. The predicted octanol–water partition coefficient (Wildman–Crippen LogP) is 17.4. The number of fused-ring (bicyclic) bond motifs is 7. The fourth-order valence-electron chi connectivity index (χ4n) is 9.19. The Morgan fingerprint density at radius 2 is 0.887 bits per heavy atom. The molecule has 0 saturated heterocycles. The van der Waals surface area contributed by atoms with Gasteiger partial charge in [-0.1, -0.05) is 140 Å². The van der Waals surface area contributed by atoms with Crippen LogP contribution >= 0.6 is 11.3 Å². The molecule has 0 radical (unpaired) electrons. The summed E-state index contributed by atoms with van der Waals surface area (Å²) in [4.78, 5) is 4.74. The molecule has 2 aromatic heterocycles. The van der Waals surface area contributed by atoms with Crippen molar-refractivity contribution < 1.29 is 4.42 Å². The largest absolute Gasteiger partial charge is 0.456 e. The molecule has 0 spiro atoms. The van der Waals surface area contributed by atoms with Crippen LogP contribution in [0.4, 0.5) is 34.1 Å². The van der Waals surface area contributed by atoms with Crippen LogP contribution in [0.25, 0.3) is 75.1 Å². The summed E-state index contributed by atoms with van der Waals surface area (Å²) in [6.45, 7) is 0. The molecule has 12 rings (SSSR count). The Morgan fingerprint density at radius 1 is 0.306 bits per heavy atom. The zero-order valence-corrected chi connectivity index (χ0v) is 34.5. The summed E-state index contributed by atoms with van der Waals surface area (Å²) in [6.07, 6.45) is 0. The van der Waals surface area contributed by atoms with Gasteiger partial charge < -0.3 is 14.2 Å². The smallest absolute Gasteiger partial charge is 0.137 e.